The van der Waals surface area contributed by atoms with Crippen LogP contribution in [0.3, 0.4) is 0 Å². The van der Waals surface area contributed by atoms with Crippen molar-refractivity contribution in [3.63, 3.8) is 0 Å². The second-order valence-corrected chi connectivity index (χ2v) is 6.68. The summed E-state index contributed by atoms with van der Waals surface area (Å²) in [4.78, 5) is 11.6. The number of aryl methyl sites for hydroxylation is 1. The number of Topliss-reactive ketones (excluding diaryl/α,β-unsaturated/α-hetero) is 1. The van der Waals surface area contributed by atoms with Gasteiger partial charge in [0.05, 0.1) is 4.90 Å². The van der Waals surface area contributed by atoms with Crippen LogP contribution in [0.4, 0.5) is 0 Å². The van der Waals surface area contributed by atoms with Crippen LogP contribution in [0.5, 0.6) is 0 Å². The average Bonchev–Trinajstić information content (AvgIpc) is 2.53. The zero-order valence-corrected chi connectivity index (χ0v) is 11.6. The molecule has 1 heterocycles. The number of ketones is 1. The number of hydrogen-bond donors (Lipinski definition) is 1. The van der Waals surface area contributed by atoms with Crippen LogP contribution in [-0.4, -0.2) is 42.8 Å². The highest BCUT2D eigenvalue weighted by molar-refractivity contribution is 7.89. The highest BCUT2D eigenvalue weighted by atomic mass is 32.2. The number of aliphatic hydroxyl groups excluding tert-OH is 1. The third kappa shape index (κ3) is 3.02. The number of hydrogen-bond acceptors (Lipinski definition) is 4. The summed E-state index contributed by atoms with van der Waals surface area (Å²) in [5.74, 6) is -0.290. The van der Waals surface area contributed by atoms with Crippen LogP contribution in [-0.2, 0) is 14.8 Å². The molecule has 1 aromatic carbocycles. The molecule has 0 radical (unpaired) electrons. The van der Waals surface area contributed by atoms with Gasteiger partial charge in [-0.15, -0.1) is 0 Å². The maximum atomic E-state index is 12.4. The quantitative estimate of drug-likeness (QED) is 0.867. The van der Waals surface area contributed by atoms with Crippen LogP contribution in [0.25, 0.3) is 0 Å². The average molecular weight is 283 g/mol. The lowest BCUT2D eigenvalue weighted by atomic mass is 10.1. The van der Waals surface area contributed by atoms with Crippen molar-refractivity contribution in [1.82, 2.24) is 4.31 Å². The van der Waals surface area contributed by atoms with Gasteiger partial charge in [0.25, 0.3) is 0 Å². The fourth-order valence-electron chi connectivity index (χ4n) is 2.04. The third-order valence-corrected chi connectivity index (χ3v) is 5.20. The molecule has 5 nitrogen and oxygen atoms in total. The molecule has 1 aliphatic heterocycles. The van der Waals surface area contributed by atoms with E-state index in [4.69, 9.17) is 0 Å². The van der Waals surface area contributed by atoms with Crippen LogP contribution >= 0.6 is 0 Å². The Kier molecular flexibility index (Phi) is 4.03. The van der Waals surface area contributed by atoms with Crippen molar-refractivity contribution in [1.29, 1.82) is 0 Å². The number of sulfonamides is 1. The molecular formula is C13H17NO4S. The maximum absolute atomic E-state index is 12.4. The Labute approximate surface area is 112 Å². The molecule has 0 aromatic heterocycles. The van der Waals surface area contributed by atoms with Crippen LogP contribution in [0.1, 0.15) is 18.4 Å². The molecule has 1 saturated heterocycles. The molecule has 0 saturated carbocycles. The summed E-state index contributed by atoms with van der Waals surface area (Å²) in [6, 6.07) is 6.61. The number of aliphatic hydroxyl groups is 1. The first kappa shape index (κ1) is 14.2. The molecule has 1 atom stereocenters. The van der Waals surface area contributed by atoms with Crippen molar-refractivity contribution in [2.45, 2.75) is 30.8 Å². The van der Waals surface area contributed by atoms with Gasteiger partial charge in [-0.05, 0) is 25.5 Å². The van der Waals surface area contributed by atoms with E-state index < -0.39 is 16.1 Å². The lowest BCUT2D eigenvalue weighted by Gasteiger charge is -2.19. The van der Waals surface area contributed by atoms with Crippen molar-refractivity contribution < 1.29 is 18.3 Å². The molecule has 1 unspecified atom stereocenters. The summed E-state index contributed by atoms with van der Waals surface area (Å²) in [5.41, 5.74) is 0.986. The second-order valence-electron chi connectivity index (χ2n) is 4.74. The van der Waals surface area contributed by atoms with Gasteiger partial charge >= 0.3 is 0 Å². The first-order chi connectivity index (χ1) is 8.91. The minimum Gasteiger partial charge on any atom is -0.385 e. The second kappa shape index (κ2) is 5.40. The number of carbonyl (C=O) groups excluding carboxylic acids is 1. The maximum Gasteiger partial charge on any atom is 0.243 e. The number of nitrogens with zero attached hydrogens (tertiary/aromatic N) is 1. The van der Waals surface area contributed by atoms with Crippen LogP contribution < -0.4 is 0 Å². The normalized spacial score (nSPS) is 22.2. The van der Waals surface area contributed by atoms with Gasteiger partial charge in [-0.25, -0.2) is 8.42 Å². The van der Waals surface area contributed by atoms with Gasteiger partial charge in [0, 0.05) is 19.5 Å². The SMILES string of the molecule is Cc1ccc(S(=O)(=O)N2CCC(=O)C(O)CC2)cc1. The van der Waals surface area contributed by atoms with Gasteiger partial charge in [0.15, 0.2) is 5.78 Å². The molecule has 104 valence electrons. The Bertz CT molecular complexity index is 565. The monoisotopic (exact) mass is 283 g/mol. The van der Waals surface area contributed by atoms with Gasteiger partial charge in [0.2, 0.25) is 10.0 Å². The van der Waals surface area contributed by atoms with E-state index in [9.17, 15) is 18.3 Å². The lowest BCUT2D eigenvalue weighted by Crippen LogP contribution is -2.32. The summed E-state index contributed by atoms with van der Waals surface area (Å²) in [5, 5.41) is 9.48. The summed E-state index contributed by atoms with van der Waals surface area (Å²) in [7, 11) is -3.58. The molecule has 0 bridgehead atoms. The number of rotatable bonds is 2. The highest BCUT2D eigenvalue weighted by Gasteiger charge is 2.30. The first-order valence-corrected chi connectivity index (χ1v) is 7.63. The van der Waals surface area contributed by atoms with Gasteiger partial charge in [-0.1, -0.05) is 17.7 Å². The van der Waals surface area contributed by atoms with Crippen molar-refractivity contribution >= 4 is 15.8 Å². The Morgan fingerprint density at radius 2 is 1.84 bits per heavy atom. The Balaban J connectivity index is 2.24. The van der Waals surface area contributed by atoms with Gasteiger partial charge in [0.1, 0.15) is 6.10 Å². The molecular weight excluding hydrogens is 266 g/mol. The van der Waals surface area contributed by atoms with Crippen LogP contribution in [0.15, 0.2) is 29.2 Å². The minimum atomic E-state index is -3.58. The fourth-order valence-corrected chi connectivity index (χ4v) is 3.50. The molecule has 1 fully saturated rings. The number of benzene rings is 1. The van der Waals surface area contributed by atoms with Crippen LogP contribution in [0, 0.1) is 6.92 Å². The van der Waals surface area contributed by atoms with Crippen molar-refractivity contribution in [3.8, 4) is 0 Å². The van der Waals surface area contributed by atoms with E-state index in [1.807, 2.05) is 6.92 Å². The molecule has 1 aliphatic rings. The van der Waals surface area contributed by atoms with Crippen LogP contribution in [0.2, 0.25) is 0 Å². The topological polar surface area (TPSA) is 74.7 Å². The minimum absolute atomic E-state index is 0.0618. The Morgan fingerprint density at radius 3 is 2.47 bits per heavy atom. The third-order valence-electron chi connectivity index (χ3n) is 3.29. The van der Waals surface area contributed by atoms with Crippen molar-refractivity contribution in [2.24, 2.45) is 0 Å². The lowest BCUT2D eigenvalue weighted by molar-refractivity contribution is -0.126. The zero-order chi connectivity index (χ0) is 14.0. The molecule has 6 heteroatoms. The van der Waals surface area contributed by atoms with E-state index in [2.05, 4.69) is 0 Å². The van der Waals surface area contributed by atoms with Gasteiger partial charge in [-0.3, -0.25) is 4.79 Å². The standard InChI is InChI=1S/C13H17NO4S/c1-10-2-4-11(5-3-10)19(17,18)14-8-6-12(15)13(16)7-9-14/h2-5,12,15H,6-9H2,1H3. The largest absolute Gasteiger partial charge is 0.385 e. The summed E-state index contributed by atoms with van der Waals surface area (Å²) >= 11 is 0. The Hall–Kier alpha value is -1.24. The van der Waals surface area contributed by atoms with E-state index in [1.54, 1.807) is 24.3 Å². The first-order valence-electron chi connectivity index (χ1n) is 6.19. The molecule has 0 aliphatic carbocycles. The fraction of sp³-hybridized carbons (Fsp3) is 0.462. The highest BCUT2D eigenvalue weighted by Crippen LogP contribution is 2.19. The van der Waals surface area contributed by atoms with E-state index in [0.29, 0.717) is 0 Å². The van der Waals surface area contributed by atoms with E-state index >= 15 is 0 Å². The van der Waals surface area contributed by atoms with Crippen molar-refractivity contribution in [3.05, 3.63) is 29.8 Å². The molecule has 1 aromatic rings. The van der Waals surface area contributed by atoms with Gasteiger partial charge in [-0.2, -0.15) is 4.31 Å². The zero-order valence-electron chi connectivity index (χ0n) is 10.7. The summed E-state index contributed by atoms with van der Waals surface area (Å²) in [6.45, 7) is 2.19. The molecule has 2 rings (SSSR count). The van der Waals surface area contributed by atoms with Crippen molar-refractivity contribution in [2.75, 3.05) is 13.1 Å². The van der Waals surface area contributed by atoms with E-state index in [-0.39, 0.29) is 36.6 Å². The Morgan fingerprint density at radius 1 is 1.21 bits per heavy atom. The predicted octanol–water partition coefficient (Wildman–Crippen LogP) is 0.710. The van der Waals surface area contributed by atoms with E-state index in [0.717, 1.165) is 5.56 Å². The number of carbonyl (C=O) groups is 1. The molecule has 19 heavy (non-hydrogen) atoms. The van der Waals surface area contributed by atoms with E-state index in [1.165, 1.54) is 4.31 Å². The smallest absolute Gasteiger partial charge is 0.243 e. The molecule has 0 spiro atoms. The summed E-state index contributed by atoms with van der Waals surface area (Å²) < 4.78 is 26.1. The molecule has 0 amide bonds. The summed E-state index contributed by atoms with van der Waals surface area (Å²) in [6.07, 6.45) is -0.825. The van der Waals surface area contributed by atoms with Gasteiger partial charge < -0.3 is 5.11 Å². The predicted molar refractivity (Wildman–Crippen MR) is 70.2 cm³/mol. The molecule has 1 N–H and O–H groups in total.